The molecule has 1 heterocycles. The van der Waals surface area contributed by atoms with E-state index in [1.165, 1.54) is 30.1 Å². The molecule has 0 saturated carbocycles. The van der Waals surface area contributed by atoms with Crippen molar-refractivity contribution in [2.75, 3.05) is 0 Å². The predicted molar refractivity (Wildman–Crippen MR) is 64.8 cm³/mol. The molecule has 0 atom stereocenters. The highest BCUT2D eigenvalue weighted by atomic mass is 35.5. The second-order valence-electron chi connectivity index (χ2n) is 3.46. The van der Waals surface area contributed by atoms with Crippen molar-refractivity contribution in [3.8, 4) is 5.88 Å². The Kier molecular flexibility index (Phi) is 3.09. The second-order valence-corrected chi connectivity index (χ2v) is 4.30. The zero-order valence-corrected chi connectivity index (χ0v) is 10.3. The SMILES string of the molecule is Cn1ncc(C(=O)c2ccc(Cl)cc2Cl)c1O. The molecule has 0 radical (unpaired) electrons. The van der Waals surface area contributed by atoms with Crippen LogP contribution in [0.25, 0.3) is 0 Å². The molecule has 0 aliphatic carbocycles. The number of hydrogen-bond donors (Lipinski definition) is 1. The number of rotatable bonds is 2. The molecular formula is C11H8Cl2N2O2. The van der Waals surface area contributed by atoms with Gasteiger partial charge in [0.1, 0.15) is 5.56 Å². The van der Waals surface area contributed by atoms with Gasteiger partial charge < -0.3 is 5.11 Å². The van der Waals surface area contributed by atoms with Gasteiger partial charge in [-0.1, -0.05) is 23.2 Å². The van der Waals surface area contributed by atoms with Crippen LogP contribution in [0.4, 0.5) is 0 Å². The highest BCUT2D eigenvalue weighted by Gasteiger charge is 2.19. The summed E-state index contributed by atoms with van der Waals surface area (Å²) < 4.78 is 1.21. The minimum absolute atomic E-state index is 0.108. The molecular weight excluding hydrogens is 263 g/mol. The van der Waals surface area contributed by atoms with Gasteiger partial charge >= 0.3 is 0 Å². The van der Waals surface area contributed by atoms with Gasteiger partial charge in [0, 0.05) is 17.6 Å². The molecule has 1 N–H and O–H groups in total. The Morgan fingerprint density at radius 1 is 1.35 bits per heavy atom. The van der Waals surface area contributed by atoms with E-state index in [0.717, 1.165) is 0 Å². The average molecular weight is 271 g/mol. The molecule has 1 aromatic heterocycles. The maximum atomic E-state index is 12.1. The number of hydrogen-bond acceptors (Lipinski definition) is 3. The van der Waals surface area contributed by atoms with Crippen LogP contribution in [0.2, 0.25) is 10.0 Å². The number of carbonyl (C=O) groups is 1. The number of aryl methyl sites for hydroxylation is 1. The first-order chi connectivity index (χ1) is 8.00. The highest BCUT2D eigenvalue weighted by Crippen LogP contribution is 2.26. The normalized spacial score (nSPS) is 10.5. The monoisotopic (exact) mass is 270 g/mol. The molecule has 6 heteroatoms. The fourth-order valence-electron chi connectivity index (χ4n) is 1.41. The minimum Gasteiger partial charge on any atom is -0.493 e. The van der Waals surface area contributed by atoms with E-state index in [2.05, 4.69) is 5.10 Å². The van der Waals surface area contributed by atoms with Crippen LogP contribution in [-0.4, -0.2) is 20.7 Å². The van der Waals surface area contributed by atoms with Gasteiger partial charge in [-0.3, -0.25) is 4.79 Å². The maximum absolute atomic E-state index is 12.1. The fraction of sp³-hybridized carbons (Fsp3) is 0.0909. The van der Waals surface area contributed by atoms with Crippen molar-refractivity contribution in [2.45, 2.75) is 0 Å². The van der Waals surface area contributed by atoms with E-state index in [0.29, 0.717) is 5.02 Å². The molecule has 0 fully saturated rings. The molecule has 2 rings (SSSR count). The quantitative estimate of drug-likeness (QED) is 0.854. The molecule has 88 valence electrons. The molecule has 0 unspecified atom stereocenters. The fourth-order valence-corrected chi connectivity index (χ4v) is 1.90. The summed E-state index contributed by atoms with van der Waals surface area (Å²) in [4.78, 5) is 12.1. The zero-order chi connectivity index (χ0) is 12.6. The first-order valence-electron chi connectivity index (χ1n) is 4.71. The standard InChI is InChI=1S/C11H8Cl2N2O2/c1-15-11(17)8(5-14-15)10(16)7-3-2-6(12)4-9(7)13/h2-5,17H,1H3. The Labute approximate surface area is 107 Å². The van der Waals surface area contributed by atoms with E-state index in [1.54, 1.807) is 6.07 Å². The number of aromatic hydroxyl groups is 1. The van der Waals surface area contributed by atoms with E-state index >= 15 is 0 Å². The smallest absolute Gasteiger partial charge is 0.220 e. The van der Waals surface area contributed by atoms with Crippen LogP contribution in [0.5, 0.6) is 5.88 Å². The molecule has 0 amide bonds. The molecule has 17 heavy (non-hydrogen) atoms. The van der Waals surface area contributed by atoms with Crippen molar-refractivity contribution < 1.29 is 9.90 Å². The van der Waals surface area contributed by atoms with Crippen molar-refractivity contribution in [1.82, 2.24) is 9.78 Å². The lowest BCUT2D eigenvalue weighted by molar-refractivity contribution is 0.103. The summed E-state index contributed by atoms with van der Waals surface area (Å²) in [6, 6.07) is 4.55. The van der Waals surface area contributed by atoms with E-state index in [-0.39, 0.29) is 22.0 Å². The van der Waals surface area contributed by atoms with Crippen LogP contribution in [0, 0.1) is 0 Å². The number of halogens is 2. The Hall–Kier alpha value is -1.52. The van der Waals surface area contributed by atoms with Crippen LogP contribution < -0.4 is 0 Å². The summed E-state index contributed by atoms with van der Waals surface area (Å²) in [7, 11) is 1.54. The van der Waals surface area contributed by atoms with Crippen LogP contribution in [0.3, 0.4) is 0 Å². The van der Waals surface area contributed by atoms with Gasteiger partial charge in [-0.15, -0.1) is 0 Å². The van der Waals surface area contributed by atoms with E-state index in [9.17, 15) is 9.90 Å². The van der Waals surface area contributed by atoms with Crippen LogP contribution in [0.15, 0.2) is 24.4 Å². The van der Waals surface area contributed by atoms with Gasteiger partial charge in [-0.25, -0.2) is 4.68 Å². The largest absolute Gasteiger partial charge is 0.493 e. The first kappa shape index (κ1) is 12.0. The topological polar surface area (TPSA) is 55.1 Å². The van der Waals surface area contributed by atoms with Gasteiger partial charge in [-0.2, -0.15) is 5.10 Å². The molecule has 0 bridgehead atoms. The van der Waals surface area contributed by atoms with Crippen molar-refractivity contribution >= 4 is 29.0 Å². The Bertz CT molecular complexity index is 593. The van der Waals surface area contributed by atoms with Crippen molar-refractivity contribution in [3.63, 3.8) is 0 Å². The summed E-state index contributed by atoms with van der Waals surface area (Å²) in [5.74, 6) is -0.585. The van der Waals surface area contributed by atoms with Gasteiger partial charge in [0.25, 0.3) is 0 Å². The van der Waals surface area contributed by atoms with Crippen LogP contribution in [0.1, 0.15) is 15.9 Å². The molecule has 0 saturated heterocycles. The van der Waals surface area contributed by atoms with Crippen LogP contribution in [-0.2, 0) is 7.05 Å². The maximum Gasteiger partial charge on any atom is 0.220 e. The molecule has 2 aromatic rings. The predicted octanol–water partition coefficient (Wildman–Crippen LogP) is 2.66. The van der Waals surface area contributed by atoms with E-state index < -0.39 is 5.78 Å². The van der Waals surface area contributed by atoms with Gasteiger partial charge in [-0.05, 0) is 18.2 Å². The second kappa shape index (κ2) is 4.39. The summed E-state index contributed by atoms with van der Waals surface area (Å²) in [6.07, 6.45) is 1.29. The molecule has 0 aliphatic rings. The first-order valence-corrected chi connectivity index (χ1v) is 5.47. The minimum atomic E-state index is -0.391. The van der Waals surface area contributed by atoms with Crippen molar-refractivity contribution in [1.29, 1.82) is 0 Å². The zero-order valence-electron chi connectivity index (χ0n) is 8.82. The number of ketones is 1. The van der Waals surface area contributed by atoms with E-state index in [4.69, 9.17) is 23.2 Å². The third-order valence-electron chi connectivity index (χ3n) is 2.33. The lowest BCUT2D eigenvalue weighted by Gasteiger charge is -2.02. The Morgan fingerprint density at radius 2 is 2.06 bits per heavy atom. The Morgan fingerprint density at radius 3 is 2.59 bits per heavy atom. The van der Waals surface area contributed by atoms with Gasteiger partial charge in [0.05, 0.1) is 11.2 Å². The third-order valence-corrected chi connectivity index (χ3v) is 2.88. The molecule has 0 aliphatic heterocycles. The number of benzene rings is 1. The average Bonchev–Trinajstić information content (AvgIpc) is 2.59. The number of carbonyl (C=O) groups excluding carboxylic acids is 1. The lowest BCUT2D eigenvalue weighted by atomic mass is 10.1. The summed E-state index contributed by atoms with van der Waals surface area (Å²) in [5.41, 5.74) is 0.385. The summed E-state index contributed by atoms with van der Waals surface area (Å²) >= 11 is 11.7. The summed E-state index contributed by atoms with van der Waals surface area (Å²) in [6.45, 7) is 0. The van der Waals surface area contributed by atoms with Crippen LogP contribution >= 0.6 is 23.2 Å². The number of aromatic nitrogens is 2. The van der Waals surface area contributed by atoms with Gasteiger partial charge in [0.15, 0.2) is 0 Å². The highest BCUT2D eigenvalue weighted by molar-refractivity contribution is 6.37. The molecule has 4 nitrogen and oxygen atoms in total. The van der Waals surface area contributed by atoms with Crippen molar-refractivity contribution in [3.05, 3.63) is 45.6 Å². The number of nitrogens with zero attached hydrogens (tertiary/aromatic N) is 2. The third kappa shape index (κ3) is 2.14. The van der Waals surface area contributed by atoms with Crippen molar-refractivity contribution in [2.24, 2.45) is 7.05 Å². The van der Waals surface area contributed by atoms with E-state index in [1.807, 2.05) is 0 Å². The van der Waals surface area contributed by atoms with Gasteiger partial charge in [0.2, 0.25) is 11.7 Å². The lowest BCUT2D eigenvalue weighted by Crippen LogP contribution is -2.01. The summed E-state index contributed by atoms with van der Waals surface area (Å²) in [5, 5.41) is 14.1. The molecule has 0 spiro atoms. The molecule has 1 aromatic carbocycles. The Balaban J connectivity index is 2.47.